The maximum atomic E-state index is 12.5. The molecule has 2 amide bonds. The lowest BCUT2D eigenvalue weighted by molar-refractivity contribution is 0.0829. The molecule has 0 aliphatic carbocycles. The summed E-state index contributed by atoms with van der Waals surface area (Å²) in [7, 11) is -3.26. The molecule has 0 saturated heterocycles. The summed E-state index contributed by atoms with van der Waals surface area (Å²) < 4.78 is 28.8. The Balaban J connectivity index is 1.71. The zero-order chi connectivity index (χ0) is 20.9. The van der Waals surface area contributed by atoms with Crippen molar-refractivity contribution in [2.24, 2.45) is 0 Å². The Kier molecular flexibility index (Phi) is 6.40. The number of sulfone groups is 1. The fourth-order valence-corrected chi connectivity index (χ4v) is 4.23. The third-order valence-electron chi connectivity index (χ3n) is 3.96. The van der Waals surface area contributed by atoms with Crippen molar-refractivity contribution in [3.8, 4) is 0 Å². The SMILES string of the molecule is CCS(=O)(=O)c1ccc(Sc2ccccc2C(=O)NNC(=O)c2ccco2)cc1. The molecule has 0 radical (unpaired) electrons. The molecule has 1 heterocycles. The Morgan fingerprint density at radius 3 is 2.28 bits per heavy atom. The van der Waals surface area contributed by atoms with Crippen LogP contribution in [0.4, 0.5) is 0 Å². The van der Waals surface area contributed by atoms with E-state index in [1.54, 1.807) is 61.5 Å². The average Bonchev–Trinajstić information content (AvgIpc) is 3.27. The largest absolute Gasteiger partial charge is 0.459 e. The van der Waals surface area contributed by atoms with Gasteiger partial charge in [0.2, 0.25) is 0 Å². The number of furan rings is 1. The molecular formula is C20H18N2O5S2. The molecule has 1 aromatic heterocycles. The maximum absolute atomic E-state index is 12.5. The van der Waals surface area contributed by atoms with Crippen molar-refractivity contribution in [3.63, 3.8) is 0 Å². The van der Waals surface area contributed by atoms with Gasteiger partial charge in [-0.25, -0.2) is 8.42 Å². The third kappa shape index (κ3) is 5.07. The molecule has 0 fully saturated rings. The minimum atomic E-state index is -3.26. The van der Waals surface area contributed by atoms with E-state index in [1.165, 1.54) is 24.1 Å². The van der Waals surface area contributed by atoms with Crippen molar-refractivity contribution in [2.45, 2.75) is 21.6 Å². The predicted molar refractivity (Wildman–Crippen MR) is 108 cm³/mol. The summed E-state index contributed by atoms with van der Waals surface area (Å²) in [5.74, 6) is -0.943. The Morgan fingerprint density at radius 1 is 0.931 bits per heavy atom. The molecule has 0 atom stereocenters. The molecule has 0 aliphatic heterocycles. The molecule has 0 saturated carbocycles. The first kappa shape index (κ1) is 20.7. The van der Waals surface area contributed by atoms with Crippen LogP contribution >= 0.6 is 11.8 Å². The lowest BCUT2D eigenvalue weighted by Crippen LogP contribution is -2.41. The number of hydrogen-bond donors (Lipinski definition) is 2. The van der Waals surface area contributed by atoms with Crippen molar-refractivity contribution in [3.05, 3.63) is 78.3 Å². The average molecular weight is 431 g/mol. The lowest BCUT2D eigenvalue weighted by atomic mass is 10.2. The smallest absolute Gasteiger partial charge is 0.305 e. The third-order valence-corrected chi connectivity index (χ3v) is 6.79. The van der Waals surface area contributed by atoms with Gasteiger partial charge in [-0.1, -0.05) is 30.8 Å². The summed E-state index contributed by atoms with van der Waals surface area (Å²) in [5.41, 5.74) is 5.02. The van der Waals surface area contributed by atoms with Gasteiger partial charge < -0.3 is 4.42 Å². The van der Waals surface area contributed by atoms with E-state index in [1.807, 2.05) is 0 Å². The van der Waals surface area contributed by atoms with E-state index in [9.17, 15) is 18.0 Å². The molecule has 29 heavy (non-hydrogen) atoms. The fraction of sp³-hybridized carbons (Fsp3) is 0.100. The summed E-state index contributed by atoms with van der Waals surface area (Å²) in [6.45, 7) is 1.59. The Hall–Kier alpha value is -3.04. The molecule has 2 aromatic carbocycles. The lowest BCUT2D eigenvalue weighted by Gasteiger charge is -2.10. The molecule has 7 nitrogen and oxygen atoms in total. The second kappa shape index (κ2) is 8.97. The van der Waals surface area contributed by atoms with Gasteiger partial charge in [0.1, 0.15) is 0 Å². The topological polar surface area (TPSA) is 105 Å². The zero-order valence-corrected chi connectivity index (χ0v) is 17.0. The number of amides is 2. The van der Waals surface area contributed by atoms with Gasteiger partial charge in [-0.05, 0) is 48.5 Å². The van der Waals surface area contributed by atoms with Gasteiger partial charge in [-0.2, -0.15) is 0 Å². The van der Waals surface area contributed by atoms with Crippen LogP contribution in [-0.4, -0.2) is 26.0 Å². The van der Waals surface area contributed by atoms with E-state index in [2.05, 4.69) is 10.9 Å². The number of benzene rings is 2. The van der Waals surface area contributed by atoms with Crippen LogP contribution in [0, 0.1) is 0 Å². The molecular weight excluding hydrogens is 412 g/mol. The second-order valence-electron chi connectivity index (χ2n) is 5.86. The van der Waals surface area contributed by atoms with Gasteiger partial charge in [0.05, 0.1) is 22.5 Å². The van der Waals surface area contributed by atoms with Crippen LogP contribution in [0.2, 0.25) is 0 Å². The molecule has 3 rings (SSSR count). The van der Waals surface area contributed by atoms with Crippen molar-refractivity contribution >= 4 is 33.4 Å². The first-order valence-corrected chi connectivity index (χ1v) is 11.1. The Bertz CT molecular complexity index is 1110. The first-order valence-electron chi connectivity index (χ1n) is 8.64. The molecule has 0 unspecified atom stereocenters. The van der Waals surface area contributed by atoms with Crippen molar-refractivity contribution in [2.75, 3.05) is 5.75 Å². The van der Waals surface area contributed by atoms with Gasteiger partial charge in [-0.15, -0.1) is 0 Å². The van der Waals surface area contributed by atoms with Gasteiger partial charge in [-0.3, -0.25) is 20.4 Å². The highest BCUT2D eigenvalue weighted by Gasteiger charge is 2.15. The summed E-state index contributed by atoms with van der Waals surface area (Å²) in [4.78, 5) is 26.1. The van der Waals surface area contributed by atoms with Crippen molar-refractivity contribution in [1.82, 2.24) is 10.9 Å². The molecule has 9 heteroatoms. The Morgan fingerprint density at radius 2 is 1.62 bits per heavy atom. The van der Waals surface area contributed by atoms with Crippen LogP contribution in [0.25, 0.3) is 0 Å². The minimum absolute atomic E-state index is 0.0339. The number of carbonyl (C=O) groups excluding carboxylic acids is 2. The maximum Gasteiger partial charge on any atom is 0.305 e. The van der Waals surface area contributed by atoms with E-state index in [0.717, 1.165) is 4.90 Å². The summed E-state index contributed by atoms with van der Waals surface area (Å²) in [5, 5.41) is 0. The number of nitrogens with one attached hydrogen (secondary N) is 2. The summed E-state index contributed by atoms with van der Waals surface area (Å²) in [6.07, 6.45) is 1.36. The van der Waals surface area contributed by atoms with E-state index in [0.29, 0.717) is 10.5 Å². The summed E-state index contributed by atoms with van der Waals surface area (Å²) >= 11 is 1.31. The molecule has 2 N–H and O–H groups in total. The number of carbonyl (C=O) groups is 2. The highest BCUT2D eigenvalue weighted by atomic mass is 32.2. The standard InChI is InChI=1S/C20H18N2O5S2/c1-2-29(25,26)15-11-9-14(10-12-15)28-18-8-4-3-6-16(18)19(23)21-22-20(24)17-7-5-13-27-17/h3-13H,2H2,1H3,(H,21,23)(H,22,24). The molecule has 3 aromatic rings. The molecule has 0 spiro atoms. The van der Waals surface area contributed by atoms with Crippen LogP contribution in [0.15, 0.2) is 86.0 Å². The van der Waals surface area contributed by atoms with E-state index < -0.39 is 21.7 Å². The first-order chi connectivity index (χ1) is 13.9. The van der Waals surface area contributed by atoms with Crippen LogP contribution in [0.3, 0.4) is 0 Å². The van der Waals surface area contributed by atoms with Crippen LogP contribution in [0.5, 0.6) is 0 Å². The second-order valence-corrected chi connectivity index (χ2v) is 9.25. The predicted octanol–water partition coefficient (Wildman–Crippen LogP) is 3.30. The van der Waals surface area contributed by atoms with Crippen molar-refractivity contribution in [1.29, 1.82) is 0 Å². The van der Waals surface area contributed by atoms with Crippen LogP contribution < -0.4 is 10.9 Å². The van der Waals surface area contributed by atoms with Gasteiger partial charge >= 0.3 is 5.91 Å². The van der Waals surface area contributed by atoms with E-state index >= 15 is 0 Å². The quantitative estimate of drug-likeness (QED) is 0.582. The van der Waals surface area contributed by atoms with E-state index in [-0.39, 0.29) is 16.4 Å². The zero-order valence-electron chi connectivity index (χ0n) is 15.4. The Labute approximate surface area is 172 Å². The van der Waals surface area contributed by atoms with Crippen molar-refractivity contribution < 1.29 is 22.4 Å². The highest BCUT2D eigenvalue weighted by molar-refractivity contribution is 7.99. The highest BCUT2D eigenvalue weighted by Crippen LogP contribution is 2.31. The fourth-order valence-electron chi connectivity index (χ4n) is 2.40. The van der Waals surface area contributed by atoms with Crippen LogP contribution in [0.1, 0.15) is 27.8 Å². The number of hydrogen-bond acceptors (Lipinski definition) is 6. The van der Waals surface area contributed by atoms with Gasteiger partial charge in [0.15, 0.2) is 15.6 Å². The number of rotatable bonds is 6. The normalized spacial score (nSPS) is 11.1. The minimum Gasteiger partial charge on any atom is -0.459 e. The molecule has 0 bridgehead atoms. The molecule has 150 valence electrons. The monoisotopic (exact) mass is 430 g/mol. The number of hydrazine groups is 1. The van der Waals surface area contributed by atoms with Crippen LogP contribution in [-0.2, 0) is 9.84 Å². The van der Waals surface area contributed by atoms with Gasteiger partial charge in [0.25, 0.3) is 5.91 Å². The van der Waals surface area contributed by atoms with E-state index in [4.69, 9.17) is 4.42 Å². The molecule has 0 aliphatic rings. The summed E-state index contributed by atoms with van der Waals surface area (Å²) in [6, 6.07) is 16.4. The van der Waals surface area contributed by atoms with Gasteiger partial charge in [0, 0.05) is 9.79 Å².